The molecule has 2 rings (SSSR count). The first kappa shape index (κ1) is 13.8. The zero-order valence-corrected chi connectivity index (χ0v) is 10.5. The topological polar surface area (TPSA) is 77.8 Å². The van der Waals surface area contributed by atoms with Crippen molar-refractivity contribution in [1.82, 2.24) is 4.90 Å². The van der Waals surface area contributed by atoms with Crippen molar-refractivity contribution in [2.24, 2.45) is 0 Å². The summed E-state index contributed by atoms with van der Waals surface area (Å²) in [7, 11) is 0. The minimum atomic E-state index is -1.19. The van der Waals surface area contributed by atoms with E-state index in [4.69, 9.17) is 16.7 Å². The molecule has 0 radical (unpaired) electrons. The van der Waals surface area contributed by atoms with Gasteiger partial charge in [-0.2, -0.15) is 0 Å². The second-order valence-corrected chi connectivity index (χ2v) is 4.73. The molecule has 7 heteroatoms. The van der Waals surface area contributed by atoms with E-state index in [1.807, 2.05) is 0 Å². The number of rotatable bonds is 2. The molecule has 1 aliphatic rings. The van der Waals surface area contributed by atoms with Crippen molar-refractivity contribution in [2.75, 3.05) is 6.54 Å². The normalized spacial score (nSPS) is 22.6. The molecule has 19 heavy (non-hydrogen) atoms. The lowest BCUT2D eigenvalue weighted by Crippen LogP contribution is -2.40. The quantitative estimate of drug-likeness (QED) is 0.855. The predicted octanol–water partition coefficient (Wildman–Crippen LogP) is 1.14. The maximum Gasteiger partial charge on any atom is 0.326 e. The van der Waals surface area contributed by atoms with Gasteiger partial charge in [-0.25, -0.2) is 9.18 Å². The van der Waals surface area contributed by atoms with Crippen molar-refractivity contribution < 1.29 is 24.2 Å². The number of aliphatic hydroxyl groups is 1. The number of β-amino-alcohol motifs (C(OH)–C–C–N with tert-alkyl or cyclic N) is 1. The minimum absolute atomic E-state index is 0.0171. The van der Waals surface area contributed by atoms with E-state index in [2.05, 4.69) is 0 Å². The van der Waals surface area contributed by atoms with E-state index in [1.165, 1.54) is 6.07 Å². The molecular formula is C12H11ClFNO4. The molecule has 1 aliphatic heterocycles. The summed E-state index contributed by atoms with van der Waals surface area (Å²) in [6, 6.07) is 2.16. The van der Waals surface area contributed by atoms with Gasteiger partial charge in [0.05, 0.1) is 16.7 Å². The summed E-state index contributed by atoms with van der Waals surface area (Å²) in [6.07, 6.45) is -0.913. The Hall–Kier alpha value is -1.66. The Labute approximate surface area is 113 Å². The molecule has 1 saturated heterocycles. The molecule has 0 spiro atoms. The number of benzene rings is 1. The summed E-state index contributed by atoms with van der Waals surface area (Å²) in [6.45, 7) is -0.0799. The van der Waals surface area contributed by atoms with E-state index in [1.54, 1.807) is 0 Å². The maximum absolute atomic E-state index is 12.9. The molecule has 5 nitrogen and oxygen atoms in total. The summed E-state index contributed by atoms with van der Waals surface area (Å²) in [5, 5.41) is 18.4. The Bertz CT molecular complexity index is 536. The van der Waals surface area contributed by atoms with Crippen LogP contribution in [0.4, 0.5) is 4.39 Å². The van der Waals surface area contributed by atoms with Crippen LogP contribution in [0, 0.1) is 5.82 Å². The van der Waals surface area contributed by atoms with Crippen molar-refractivity contribution in [3.05, 3.63) is 34.6 Å². The molecule has 2 N–H and O–H groups in total. The molecule has 1 amide bonds. The fourth-order valence-electron chi connectivity index (χ4n) is 2.09. The lowest BCUT2D eigenvalue weighted by Gasteiger charge is -2.21. The maximum atomic E-state index is 12.9. The van der Waals surface area contributed by atoms with Crippen LogP contribution in [0.1, 0.15) is 16.8 Å². The van der Waals surface area contributed by atoms with Crippen molar-refractivity contribution in [3.8, 4) is 0 Å². The Morgan fingerprint density at radius 2 is 2.11 bits per heavy atom. The number of hydrogen-bond acceptors (Lipinski definition) is 3. The number of halogens is 2. The Morgan fingerprint density at radius 1 is 1.42 bits per heavy atom. The third kappa shape index (κ3) is 2.69. The standard InChI is InChI=1S/C12H11ClFNO4/c13-9-3-6(14)1-2-8(9)11(17)15-5-7(16)4-10(15)12(18)19/h1-3,7,10,16H,4-5H2,(H,18,19)/t7-,10-/m0/s1. The highest BCUT2D eigenvalue weighted by atomic mass is 35.5. The molecule has 1 aromatic rings. The number of amides is 1. The molecule has 0 aliphatic carbocycles. The largest absolute Gasteiger partial charge is 0.480 e. The van der Waals surface area contributed by atoms with E-state index in [-0.39, 0.29) is 23.6 Å². The number of aliphatic carboxylic acids is 1. The summed E-state index contributed by atoms with van der Waals surface area (Å²) < 4.78 is 12.9. The average Bonchev–Trinajstić information content (AvgIpc) is 2.70. The number of carboxylic acid groups (broad SMARTS) is 1. The first-order chi connectivity index (χ1) is 8.90. The molecule has 1 aromatic carbocycles. The highest BCUT2D eigenvalue weighted by molar-refractivity contribution is 6.33. The number of aliphatic hydroxyl groups excluding tert-OH is 1. The van der Waals surface area contributed by atoms with Crippen LogP contribution < -0.4 is 0 Å². The van der Waals surface area contributed by atoms with Crippen LogP contribution in [0.25, 0.3) is 0 Å². The molecule has 0 bridgehead atoms. The molecule has 1 fully saturated rings. The summed E-state index contributed by atoms with van der Waals surface area (Å²) in [4.78, 5) is 24.3. The Morgan fingerprint density at radius 3 is 2.68 bits per heavy atom. The lowest BCUT2D eigenvalue weighted by molar-refractivity contribution is -0.141. The number of carboxylic acids is 1. The summed E-state index contributed by atoms with van der Waals surface area (Å²) in [5.41, 5.74) is 0.0171. The van der Waals surface area contributed by atoms with Gasteiger partial charge >= 0.3 is 5.97 Å². The zero-order chi connectivity index (χ0) is 14.2. The highest BCUT2D eigenvalue weighted by Crippen LogP contribution is 2.24. The molecule has 0 aromatic heterocycles. The van der Waals surface area contributed by atoms with Crippen LogP contribution in [-0.4, -0.2) is 45.7 Å². The van der Waals surface area contributed by atoms with Crippen molar-refractivity contribution >= 4 is 23.5 Å². The Kier molecular flexibility index (Phi) is 3.73. The molecular weight excluding hydrogens is 277 g/mol. The van der Waals surface area contributed by atoms with Crippen LogP contribution in [0.5, 0.6) is 0 Å². The van der Waals surface area contributed by atoms with Crippen molar-refractivity contribution in [1.29, 1.82) is 0 Å². The fraction of sp³-hybridized carbons (Fsp3) is 0.333. The molecule has 0 unspecified atom stereocenters. The second-order valence-electron chi connectivity index (χ2n) is 4.33. The molecule has 102 valence electrons. The van der Waals surface area contributed by atoms with Gasteiger partial charge in [-0.15, -0.1) is 0 Å². The van der Waals surface area contributed by atoms with Gasteiger partial charge in [0.2, 0.25) is 0 Å². The molecule has 0 saturated carbocycles. The number of carbonyl (C=O) groups excluding carboxylic acids is 1. The lowest BCUT2D eigenvalue weighted by atomic mass is 10.1. The van der Waals surface area contributed by atoms with Crippen LogP contribution in [0.2, 0.25) is 5.02 Å². The Balaban J connectivity index is 2.30. The van der Waals surface area contributed by atoms with Gasteiger partial charge in [0.1, 0.15) is 11.9 Å². The SMILES string of the molecule is O=C(O)[C@@H]1C[C@H](O)CN1C(=O)c1ccc(F)cc1Cl. The van der Waals surface area contributed by atoms with Crippen molar-refractivity contribution in [2.45, 2.75) is 18.6 Å². The highest BCUT2D eigenvalue weighted by Gasteiger charge is 2.39. The van der Waals surface area contributed by atoms with Crippen LogP contribution >= 0.6 is 11.6 Å². The van der Waals surface area contributed by atoms with Crippen LogP contribution in [-0.2, 0) is 4.79 Å². The number of likely N-dealkylation sites (tertiary alicyclic amines) is 1. The van der Waals surface area contributed by atoms with Gasteiger partial charge in [0.15, 0.2) is 0 Å². The average molecular weight is 288 g/mol. The van der Waals surface area contributed by atoms with Gasteiger partial charge < -0.3 is 15.1 Å². The molecule has 1 heterocycles. The fourth-order valence-corrected chi connectivity index (χ4v) is 2.34. The second kappa shape index (κ2) is 5.14. The smallest absolute Gasteiger partial charge is 0.326 e. The van der Waals surface area contributed by atoms with E-state index < -0.39 is 29.8 Å². The van der Waals surface area contributed by atoms with Crippen LogP contribution in [0.3, 0.4) is 0 Å². The predicted molar refractivity (Wildman–Crippen MR) is 64.5 cm³/mol. The number of nitrogens with zero attached hydrogens (tertiary/aromatic N) is 1. The summed E-state index contributed by atoms with van der Waals surface area (Å²) in [5.74, 6) is -2.41. The van der Waals surface area contributed by atoms with E-state index in [0.29, 0.717) is 0 Å². The molecule has 2 atom stereocenters. The minimum Gasteiger partial charge on any atom is -0.480 e. The zero-order valence-electron chi connectivity index (χ0n) is 9.72. The van der Waals surface area contributed by atoms with E-state index >= 15 is 0 Å². The van der Waals surface area contributed by atoms with Gasteiger partial charge in [0.25, 0.3) is 5.91 Å². The summed E-state index contributed by atoms with van der Waals surface area (Å²) >= 11 is 5.77. The van der Waals surface area contributed by atoms with Crippen LogP contribution in [0.15, 0.2) is 18.2 Å². The van der Waals surface area contributed by atoms with E-state index in [0.717, 1.165) is 17.0 Å². The van der Waals surface area contributed by atoms with Gasteiger partial charge in [-0.1, -0.05) is 11.6 Å². The number of hydrogen-bond donors (Lipinski definition) is 2. The van der Waals surface area contributed by atoms with Gasteiger partial charge in [-0.3, -0.25) is 4.79 Å². The number of carbonyl (C=O) groups is 2. The first-order valence-corrected chi connectivity index (χ1v) is 5.95. The van der Waals surface area contributed by atoms with E-state index in [9.17, 15) is 19.1 Å². The van der Waals surface area contributed by atoms with Gasteiger partial charge in [0, 0.05) is 13.0 Å². The third-order valence-electron chi connectivity index (χ3n) is 2.99. The van der Waals surface area contributed by atoms with Crippen molar-refractivity contribution in [3.63, 3.8) is 0 Å². The third-order valence-corrected chi connectivity index (χ3v) is 3.30. The van der Waals surface area contributed by atoms with Gasteiger partial charge in [-0.05, 0) is 18.2 Å². The monoisotopic (exact) mass is 287 g/mol. The first-order valence-electron chi connectivity index (χ1n) is 5.57.